The smallest absolute Gasteiger partial charge is 0.223 e. The second-order valence-corrected chi connectivity index (χ2v) is 4.56. The van der Waals surface area contributed by atoms with Crippen molar-refractivity contribution in [2.24, 2.45) is 11.8 Å². The summed E-state index contributed by atoms with van der Waals surface area (Å²) in [4.78, 5) is 23.2. The van der Waals surface area contributed by atoms with Crippen LogP contribution in [0.15, 0.2) is 0 Å². The van der Waals surface area contributed by atoms with Crippen molar-refractivity contribution in [3.05, 3.63) is 0 Å². The molecule has 0 bridgehead atoms. The van der Waals surface area contributed by atoms with Crippen LogP contribution in [0.5, 0.6) is 0 Å². The van der Waals surface area contributed by atoms with Crippen LogP contribution in [-0.4, -0.2) is 17.7 Å². The molecule has 1 rings (SSSR count). The number of rotatable bonds is 4. The molecule has 1 N–H and O–H groups in total. The molecule has 1 saturated carbocycles. The highest BCUT2D eigenvalue weighted by Crippen LogP contribution is 2.31. The number of hydrogen-bond acceptors (Lipinski definition) is 2. The summed E-state index contributed by atoms with van der Waals surface area (Å²) in [5, 5.41) is 2.81. The third kappa shape index (κ3) is 3.05. The number of ketones is 1. The van der Waals surface area contributed by atoms with Gasteiger partial charge in [0.15, 0.2) is 5.78 Å². The lowest BCUT2D eigenvalue weighted by atomic mass is 9.97. The van der Waals surface area contributed by atoms with E-state index >= 15 is 0 Å². The lowest BCUT2D eigenvalue weighted by Crippen LogP contribution is -2.42. The summed E-state index contributed by atoms with van der Waals surface area (Å²) >= 11 is 0. The fourth-order valence-corrected chi connectivity index (χ4v) is 2.24. The van der Waals surface area contributed by atoms with Crippen molar-refractivity contribution in [1.29, 1.82) is 0 Å². The van der Waals surface area contributed by atoms with E-state index in [1.807, 2.05) is 6.92 Å². The maximum absolute atomic E-state index is 11.8. The van der Waals surface area contributed by atoms with E-state index in [-0.39, 0.29) is 23.7 Å². The van der Waals surface area contributed by atoms with Crippen molar-refractivity contribution in [2.75, 3.05) is 0 Å². The van der Waals surface area contributed by atoms with Gasteiger partial charge in [-0.1, -0.05) is 20.3 Å². The van der Waals surface area contributed by atoms with Crippen LogP contribution in [0.4, 0.5) is 0 Å². The van der Waals surface area contributed by atoms with Crippen LogP contribution in [0.2, 0.25) is 0 Å². The molecule has 0 aliphatic heterocycles. The van der Waals surface area contributed by atoms with Crippen LogP contribution in [-0.2, 0) is 9.59 Å². The van der Waals surface area contributed by atoms with E-state index in [1.165, 1.54) is 0 Å². The lowest BCUT2D eigenvalue weighted by Gasteiger charge is -2.18. The monoisotopic (exact) mass is 211 g/mol. The average Bonchev–Trinajstić information content (AvgIpc) is 2.63. The average molecular weight is 211 g/mol. The standard InChI is InChI=1S/C12H21NO2/c1-4-11(14)9(3)13-12(15)10-7-5-6-8(10)2/h8-10H,4-7H2,1-3H3,(H,13,15). The van der Waals surface area contributed by atoms with Crippen LogP contribution in [0.3, 0.4) is 0 Å². The molecule has 1 fully saturated rings. The Morgan fingerprint density at radius 1 is 1.40 bits per heavy atom. The molecular formula is C12H21NO2. The topological polar surface area (TPSA) is 46.2 Å². The zero-order valence-corrected chi connectivity index (χ0v) is 9.88. The predicted octanol–water partition coefficient (Wildman–Crippen LogP) is 1.91. The van der Waals surface area contributed by atoms with Crippen LogP contribution >= 0.6 is 0 Å². The highest BCUT2D eigenvalue weighted by molar-refractivity contribution is 5.89. The predicted molar refractivity (Wildman–Crippen MR) is 59.4 cm³/mol. The molecule has 3 nitrogen and oxygen atoms in total. The maximum atomic E-state index is 11.8. The molecule has 0 aromatic carbocycles. The van der Waals surface area contributed by atoms with Crippen molar-refractivity contribution in [2.45, 2.75) is 52.5 Å². The molecule has 15 heavy (non-hydrogen) atoms. The van der Waals surface area contributed by atoms with Crippen LogP contribution < -0.4 is 5.32 Å². The van der Waals surface area contributed by atoms with Gasteiger partial charge in [0.25, 0.3) is 0 Å². The first kappa shape index (κ1) is 12.2. The van der Waals surface area contributed by atoms with Gasteiger partial charge in [-0.3, -0.25) is 9.59 Å². The van der Waals surface area contributed by atoms with Gasteiger partial charge in [-0.05, 0) is 25.7 Å². The Kier molecular flexibility index (Phi) is 4.30. The minimum Gasteiger partial charge on any atom is -0.346 e. The molecule has 0 heterocycles. The Hall–Kier alpha value is -0.860. The Balaban J connectivity index is 2.44. The van der Waals surface area contributed by atoms with Crippen molar-refractivity contribution in [3.63, 3.8) is 0 Å². The zero-order valence-electron chi connectivity index (χ0n) is 9.88. The molecule has 1 aliphatic rings. The van der Waals surface area contributed by atoms with Gasteiger partial charge in [0.2, 0.25) is 5.91 Å². The van der Waals surface area contributed by atoms with E-state index in [4.69, 9.17) is 0 Å². The number of nitrogens with one attached hydrogen (secondary N) is 1. The summed E-state index contributed by atoms with van der Waals surface area (Å²) in [5.41, 5.74) is 0. The number of Topliss-reactive ketones (excluding diaryl/α,β-unsaturated/α-hetero) is 1. The Morgan fingerprint density at radius 3 is 2.53 bits per heavy atom. The van der Waals surface area contributed by atoms with E-state index in [1.54, 1.807) is 6.92 Å². The Bertz CT molecular complexity index is 250. The minimum atomic E-state index is -0.324. The summed E-state index contributed by atoms with van der Waals surface area (Å²) in [6, 6.07) is -0.324. The first-order valence-electron chi connectivity index (χ1n) is 5.89. The molecule has 1 amide bonds. The maximum Gasteiger partial charge on any atom is 0.223 e. The number of amides is 1. The van der Waals surface area contributed by atoms with E-state index in [9.17, 15) is 9.59 Å². The third-order valence-corrected chi connectivity index (χ3v) is 3.39. The van der Waals surface area contributed by atoms with Crippen molar-refractivity contribution in [3.8, 4) is 0 Å². The summed E-state index contributed by atoms with van der Waals surface area (Å²) < 4.78 is 0. The van der Waals surface area contributed by atoms with Gasteiger partial charge in [0.1, 0.15) is 0 Å². The fourth-order valence-electron chi connectivity index (χ4n) is 2.24. The Labute approximate surface area is 91.6 Å². The first-order valence-corrected chi connectivity index (χ1v) is 5.89. The summed E-state index contributed by atoms with van der Waals surface area (Å²) in [6.45, 7) is 5.70. The number of carbonyl (C=O) groups excluding carboxylic acids is 2. The molecule has 1 aliphatic carbocycles. The molecule has 3 atom stereocenters. The normalized spacial score (nSPS) is 27.4. The second-order valence-electron chi connectivity index (χ2n) is 4.56. The minimum absolute atomic E-state index is 0.0642. The summed E-state index contributed by atoms with van der Waals surface area (Å²) in [5.74, 6) is 0.759. The molecule has 3 heteroatoms. The van der Waals surface area contributed by atoms with Crippen molar-refractivity contribution < 1.29 is 9.59 Å². The van der Waals surface area contributed by atoms with E-state index in [0.717, 1.165) is 19.3 Å². The second kappa shape index (κ2) is 5.29. The van der Waals surface area contributed by atoms with Gasteiger partial charge in [0.05, 0.1) is 6.04 Å². The fraction of sp³-hybridized carbons (Fsp3) is 0.833. The van der Waals surface area contributed by atoms with Gasteiger partial charge in [-0.25, -0.2) is 0 Å². The molecule has 0 spiro atoms. The molecular weight excluding hydrogens is 190 g/mol. The van der Waals surface area contributed by atoms with Gasteiger partial charge in [-0.15, -0.1) is 0 Å². The van der Waals surface area contributed by atoms with Gasteiger partial charge in [-0.2, -0.15) is 0 Å². The third-order valence-electron chi connectivity index (χ3n) is 3.39. The molecule has 86 valence electrons. The van der Waals surface area contributed by atoms with Gasteiger partial charge < -0.3 is 5.32 Å². The quantitative estimate of drug-likeness (QED) is 0.772. The Morgan fingerprint density at radius 2 is 2.07 bits per heavy atom. The highest BCUT2D eigenvalue weighted by atomic mass is 16.2. The molecule has 3 unspecified atom stereocenters. The number of carbonyl (C=O) groups is 2. The van der Waals surface area contributed by atoms with Crippen molar-refractivity contribution >= 4 is 11.7 Å². The SMILES string of the molecule is CCC(=O)C(C)NC(=O)C1CCCC1C. The zero-order chi connectivity index (χ0) is 11.4. The summed E-state index contributed by atoms with van der Waals surface area (Å²) in [7, 11) is 0. The molecule has 0 saturated heterocycles. The molecule has 0 aromatic heterocycles. The lowest BCUT2D eigenvalue weighted by molar-refractivity contribution is -0.130. The van der Waals surface area contributed by atoms with Gasteiger partial charge in [0, 0.05) is 12.3 Å². The van der Waals surface area contributed by atoms with E-state index < -0.39 is 0 Å². The van der Waals surface area contributed by atoms with Crippen LogP contribution in [0, 0.1) is 11.8 Å². The van der Waals surface area contributed by atoms with Crippen LogP contribution in [0.1, 0.15) is 46.5 Å². The molecule has 0 aromatic rings. The van der Waals surface area contributed by atoms with Crippen LogP contribution in [0.25, 0.3) is 0 Å². The molecule has 0 radical (unpaired) electrons. The van der Waals surface area contributed by atoms with E-state index in [0.29, 0.717) is 12.3 Å². The largest absolute Gasteiger partial charge is 0.346 e. The van der Waals surface area contributed by atoms with Gasteiger partial charge >= 0.3 is 0 Å². The van der Waals surface area contributed by atoms with Crippen molar-refractivity contribution in [1.82, 2.24) is 5.32 Å². The summed E-state index contributed by atoms with van der Waals surface area (Å²) in [6.07, 6.45) is 3.73. The van der Waals surface area contributed by atoms with E-state index in [2.05, 4.69) is 12.2 Å². The highest BCUT2D eigenvalue weighted by Gasteiger charge is 2.30. The first-order chi connectivity index (χ1) is 7.06. The number of hydrogen-bond donors (Lipinski definition) is 1.